The predicted octanol–water partition coefficient (Wildman–Crippen LogP) is 5.76. The second-order valence-corrected chi connectivity index (χ2v) is 7.03. The van der Waals surface area contributed by atoms with E-state index in [1.165, 1.54) is 0 Å². The number of aromatic amines is 1. The first-order valence-electron chi connectivity index (χ1n) is 8.93. The van der Waals surface area contributed by atoms with E-state index in [2.05, 4.69) is 15.3 Å². The minimum absolute atomic E-state index is 0.276. The fourth-order valence-electron chi connectivity index (χ4n) is 2.97. The Labute approximate surface area is 168 Å². The quantitative estimate of drug-likeness (QED) is 0.465. The number of hydrogen-bond donors (Lipinski definition) is 2. The molecule has 140 valence electrons. The molecule has 0 saturated heterocycles. The highest BCUT2D eigenvalue weighted by molar-refractivity contribution is 6.30. The van der Waals surface area contributed by atoms with Gasteiger partial charge in [-0.3, -0.25) is 4.90 Å². The lowest BCUT2D eigenvalue weighted by Crippen LogP contribution is -2.35. The molecule has 3 aromatic carbocycles. The summed E-state index contributed by atoms with van der Waals surface area (Å²) in [5.41, 5.74) is 4.51. The van der Waals surface area contributed by atoms with Crippen LogP contribution in [0.4, 0.5) is 16.4 Å². The van der Waals surface area contributed by atoms with Crippen molar-refractivity contribution in [2.75, 3.05) is 10.2 Å². The molecule has 1 aromatic heterocycles. The molecule has 5 nitrogen and oxygen atoms in total. The van der Waals surface area contributed by atoms with E-state index in [0.29, 0.717) is 23.2 Å². The number of carbonyl (C=O) groups is 1. The van der Waals surface area contributed by atoms with Gasteiger partial charge in [0.1, 0.15) is 0 Å². The van der Waals surface area contributed by atoms with Crippen LogP contribution in [0.5, 0.6) is 0 Å². The highest BCUT2D eigenvalue weighted by atomic mass is 35.5. The molecule has 28 heavy (non-hydrogen) atoms. The number of nitrogens with one attached hydrogen (secondary N) is 2. The number of halogens is 1. The summed E-state index contributed by atoms with van der Waals surface area (Å²) >= 11 is 5.93. The maximum absolute atomic E-state index is 13.1. The summed E-state index contributed by atoms with van der Waals surface area (Å²) in [5.74, 6) is 0.496. The number of rotatable bonds is 4. The van der Waals surface area contributed by atoms with E-state index >= 15 is 0 Å². The molecule has 0 aliphatic carbocycles. The van der Waals surface area contributed by atoms with Crippen molar-refractivity contribution in [3.05, 3.63) is 88.9 Å². The molecule has 0 atom stereocenters. The van der Waals surface area contributed by atoms with Gasteiger partial charge in [0.25, 0.3) is 0 Å². The van der Waals surface area contributed by atoms with Crippen LogP contribution < -0.4 is 10.2 Å². The Morgan fingerprint density at radius 3 is 2.57 bits per heavy atom. The van der Waals surface area contributed by atoms with Crippen LogP contribution >= 0.6 is 11.6 Å². The number of urea groups is 1. The monoisotopic (exact) mass is 390 g/mol. The van der Waals surface area contributed by atoms with Gasteiger partial charge in [-0.05, 0) is 54.4 Å². The van der Waals surface area contributed by atoms with Gasteiger partial charge in [-0.25, -0.2) is 9.78 Å². The van der Waals surface area contributed by atoms with Crippen molar-refractivity contribution >= 4 is 40.3 Å². The number of nitrogens with zero attached hydrogens (tertiary/aromatic N) is 2. The molecule has 0 radical (unpaired) electrons. The number of aromatic nitrogens is 2. The second-order valence-electron chi connectivity index (χ2n) is 6.59. The molecule has 0 spiro atoms. The Kier molecular flexibility index (Phi) is 5.00. The first-order valence-corrected chi connectivity index (χ1v) is 9.31. The molecule has 0 bridgehead atoms. The van der Waals surface area contributed by atoms with Crippen LogP contribution in [0.1, 0.15) is 11.1 Å². The first kappa shape index (κ1) is 18.1. The Morgan fingerprint density at radius 2 is 1.82 bits per heavy atom. The molecule has 6 heteroatoms. The number of H-pyrrole nitrogens is 1. The smallest absolute Gasteiger partial charge is 0.324 e. The van der Waals surface area contributed by atoms with Crippen molar-refractivity contribution in [1.29, 1.82) is 0 Å². The number of aryl methyl sites for hydroxylation is 1. The van der Waals surface area contributed by atoms with Crippen molar-refractivity contribution in [2.45, 2.75) is 13.5 Å². The molecule has 0 saturated carbocycles. The molecule has 0 aliphatic heterocycles. The molecule has 0 unspecified atom stereocenters. The summed E-state index contributed by atoms with van der Waals surface area (Å²) in [4.78, 5) is 22.5. The van der Waals surface area contributed by atoms with E-state index in [-0.39, 0.29) is 6.03 Å². The topological polar surface area (TPSA) is 61.0 Å². The largest absolute Gasteiger partial charge is 0.328 e. The minimum Gasteiger partial charge on any atom is -0.324 e. The Morgan fingerprint density at radius 1 is 1.07 bits per heavy atom. The van der Waals surface area contributed by atoms with Crippen LogP contribution in [0.15, 0.2) is 72.8 Å². The number of fused-ring (bicyclic) bond motifs is 1. The van der Waals surface area contributed by atoms with E-state index in [1.54, 1.807) is 29.2 Å². The van der Waals surface area contributed by atoms with Crippen molar-refractivity contribution in [1.82, 2.24) is 9.97 Å². The zero-order valence-electron chi connectivity index (χ0n) is 15.3. The van der Waals surface area contributed by atoms with Gasteiger partial charge in [-0.2, -0.15) is 0 Å². The molecule has 0 aliphatic rings. The zero-order valence-corrected chi connectivity index (χ0v) is 16.1. The van der Waals surface area contributed by atoms with Crippen LogP contribution in [0.2, 0.25) is 5.02 Å². The lowest BCUT2D eigenvalue weighted by Gasteiger charge is -2.20. The minimum atomic E-state index is -0.276. The summed E-state index contributed by atoms with van der Waals surface area (Å²) in [7, 11) is 0. The van der Waals surface area contributed by atoms with E-state index in [0.717, 1.165) is 22.2 Å². The fraction of sp³-hybridized carbons (Fsp3) is 0.0909. The standard InChI is InChI=1S/C22H19ClN4O/c1-15-7-12-19-20(13-15)26-21(25-19)27(14-16-5-3-2-4-6-16)22(28)24-18-10-8-17(23)9-11-18/h2-13H,14H2,1H3,(H,24,28)(H,25,26). The van der Waals surface area contributed by atoms with Gasteiger partial charge in [0.05, 0.1) is 17.6 Å². The summed E-state index contributed by atoms with van der Waals surface area (Å²) in [6.45, 7) is 2.41. The van der Waals surface area contributed by atoms with Gasteiger partial charge >= 0.3 is 6.03 Å². The van der Waals surface area contributed by atoms with E-state index in [1.807, 2.05) is 55.5 Å². The second kappa shape index (κ2) is 7.74. The highest BCUT2D eigenvalue weighted by Gasteiger charge is 2.20. The van der Waals surface area contributed by atoms with Gasteiger partial charge in [-0.15, -0.1) is 0 Å². The third-order valence-corrected chi connectivity index (χ3v) is 4.66. The van der Waals surface area contributed by atoms with Crippen molar-refractivity contribution in [3.63, 3.8) is 0 Å². The molecular weight excluding hydrogens is 372 g/mol. The zero-order chi connectivity index (χ0) is 19.5. The van der Waals surface area contributed by atoms with Crippen LogP contribution in [0, 0.1) is 6.92 Å². The van der Waals surface area contributed by atoms with Crippen molar-refractivity contribution < 1.29 is 4.79 Å². The van der Waals surface area contributed by atoms with Crippen molar-refractivity contribution in [2.24, 2.45) is 0 Å². The number of anilines is 2. The molecular formula is C22H19ClN4O. The van der Waals surface area contributed by atoms with Gasteiger partial charge < -0.3 is 10.3 Å². The van der Waals surface area contributed by atoms with E-state index in [9.17, 15) is 4.79 Å². The number of carbonyl (C=O) groups excluding carboxylic acids is 1. The van der Waals surface area contributed by atoms with Crippen molar-refractivity contribution in [3.8, 4) is 0 Å². The number of benzene rings is 3. The average molecular weight is 391 g/mol. The molecule has 2 amide bonds. The Bertz CT molecular complexity index is 1110. The summed E-state index contributed by atoms with van der Waals surface area (Å²) < 4.78 is 0. The van der Waals surface area contributed by atoms with Crippen LogP contribution in [0.25, 0.3) is 11.0 Å². The molecule has 1 heterocycles. The number of imidazole rings is 1. The van der Waals surface area contributed by atoms with E-state index < -0.39 is 0 Å². The number of hydrogen-bond acceptors (Lipinski definition) is 2. The fourth-order valence-corrected chi connectivity index (χ4v) is 3.10. The van der Waals surface area contributed by atoms with Gasteiger partial charge in [-0.1, -0.05) is 48.0 Å². The van der Waals surface area contributed by atoms with Gasteiger partial charge in [0.2, 0.25) is 5.95 Å². The van der Waals surface area contributed by atoms with Crippen LogP contribution in [0.3, 0.4) is 0 Å². The summed E-state index contributed by atoms with van der Waals surface area (Å²) in [6, 6.07) is 22.5. The van der Waals surface area contributed by atoms with Crippen LogP contribution in [-0.2, 0) is 6.54 Å². The lowest BCUT2D eigenvalue weighted by atomic mass is 10.2. The first-order chi connectivity index (χ1) is 13.6. The average Bonchev–Trinajstić information content (AvgIpc) is 3.11. The predicted molar refractivity (Wildman–Crippen MR) is 114 cm³/mol. The third kappa shape index (κ3) is 4.00. The molecule has 0 fully saturated rings. The molecule has 4 rings (SSSR count). The summed E-state index contributed by atoms with van der Waals surface area (Å²) in [6.07, 6.45) is 0. The third-order valence-electron chi connectivity index (χ3n) is 4.40. The Balaban J connectivity index is 1.67. The lowest BCUT2D eigenvalue weighted by molar-refractivity contribution is 0.256. The normalized spacial score (nSPS) is 10.8. The van der Waals surface area contributed by atoms with Gasteiger partial charge in [0, 0.05) is 10.7 Å². The van der Waals surface area contributed by atoms with Gasteiger partial charge in [0.15, 0.2) is 0 Å². The maximum atomic E-state index is 13.1. The summed E-state index contributed by atoms with van der Waals surface area (Å²) in [5, 5.41) is 3.53. The molecule has 4 aromatic rings. The van der Waals surface area contributed by atoms with E-state index in [4.69, 9.17) is 11.6 Å². The molecule has 2 N–H and O–H groups in total. The highest BCUT2D eigenvalue weighted by Crippen LogP contribution is 2.22. The van der Waals surface area contributed by atoms with Crippen LogP contribution in [-0.4, -0.2) is 16.0 Å². The maximum Gasteiger partial charge on any atom is 0.328 e. The Hall–Kier alpha value is -3.31. The number of amides is 2. The SMILES string of the molecule is Cc1ccc2nc(N(Cc3ccccc3)C(=O)Nc3ccc(Cl)cc3)[nH]c2c1.